The molecular formula is C19H33NO3Si. The second kappa shape index (κ2) is 9.21. The SMILES string of the molecule is C=C/C=C/CCCC1(C)CCCN(C(=O)OCC[Si](C)(C)C)C1=O. The van der Waals surface area contributed by atoms with E-state index < -0.39 is 19.6 Å². The lowest BCUT2D eigenvalue weighted by atomic mass is 9.77. The highest BCUT2D eigenvalue weighted by Gasteiger charge is 2.42. The topological polar surface area (TPSA) is 46.6 Å². The van der Waals surface area contributed by atoms with Crippen LogP contribution in [0.25, 0.3) is 0 Å². The second-order valence-electron chi connectivity index (χ2n) is 8.10. The van der Waals surface area contributed by atoms with Crippen LogP contribution in [0.1, 0.15) is 39.0 Å². The molecule has 1 saturated heterocycles. The number of carbonyl (C=O) groups is 2. The standard InChI is InChI=1S/C19H33NO3Si/c1-6-7-8-9-10-12-19(2)13-11-14-20(17(19)21)18(22)23-15-16-24(3,4)5/h6-8H,1,9-16H2,2-5H3/b8-7+. The van der Waals surface area contributed by atoms with Crippen molar-refractivity contribution in [2.75, 3.05) is 13.2 Å². The molecule has 136 valence electrons. The number of hydrogen-bond acceptors (Lipinski definition) is 3. The lowest BCUT2D eigenvalue weighted by molar-refractivity contribution is -0.143. The van der Waals surface area contributed by atoms with Crippen LogP contribution in [0.3, 0.4) is 0 Å². The Hall–Kier alpha value is -1.36. The second-order valence-corrected chi connectivity index (χ2v) is 13.7. The summed E-state index contributed by atoms with van der Waals surface area (Å²) in [5, 5.41) is 0. The highest BCUT2D eigenvalue weighted by atomic mass is 28.3. The summed E-state index contributed by atoms with van der Waals surface area (Å²) in [5.41, 5.74) is -0.446. The highest BCUT2D eigenvalue weighted by Crippen LogP contribution is 2.36. The third kappa shape index (κ3) is 6.63. The number of unbranched alkanes of at least 4 members (excludes halogenated alkanes) is 1. The van der Waals surface area contributed by atoms with E-state index in [0.717, 1.165) is 38.1 Å². The summed E-state index contributed by atoms with van der Waals surface area (Å²) in [6.07, 6.45) is 9.64. The smallest absolute Gasteiger partial charge is 0.416 e. The molecule has 1 fully saturated rings. The first kappa shape index (κ1) is 20.7. The van der Waals surface area contributed by atoms with Gasteiger partial charge in [-0.2, -0.15) is 0 Å². The molecule has 0 N–H and O–H groups in total. The third-order valence-electron chi connectivity index (χ3n) is 4.54. The van der Waals surface area contributed by atoms with Crippen LogP contribution in [-0.2, 0) is 9.53 Å². The Balaban J connectivity index is 2.54. The number of likely N-dealkylation sites (tertiary alicyclic amines) is 1. The van der Waals surface area contributed by atoms with Crippen LogP contribution in [0.15, 0.2) is 24.8 Å². The van der Waals surface area contributed by atoms with Crippen LogP contribution in [0.2, 0.25) is 25.7 Å². The predicted octanol–water partition coefficient (Wildman–Crippen LogP) is 5.00. The number of rotatable bonds is 8. The predicted molar refractivity (Wildman–Crippen MR) is 102 cm³/mol. The molecule has 1 unspecified atom stereocenters. The molecule has 1 heterocycles. The van der Waals surface area contributed by atoms with Crippen molar-refractivity contribution in [2.24, 2.45) is 5.41 Å². The summed E-state index contributed by atoms with van der Waals surface area (Å²) >= 11 is 0. The first-order chi connectivity index (χ1) is 11.2. The largest absolute Gasteiger partial charge is 0.449 e. The molecule has 0 aromatic carbocycles. The Morgan fingerprint density at radius 1 is 1.42 bits per heavy atom. The van der Waals surface area contributed by atoms with Gasteiger partial charge in [0.15, 0.2) is 0 Å². The molecule has 1 aliphatic rings. The van der Waals surface area contributed by atoms with E-state index in [9.17, 15) is 9.59 Å². The van der Waals surface area contributed by atoms with Gasteiger partial charge in [0.25, 0.3) is 0 Å². The molecule has 1 aliphatic heterocycles. The van der Waals surface area contributed by atoms with Crippen molar-refractivity contribution >= 4 is 20.1 Å². The normalized spacial score (nSPS) is 22.0. The minimum Gasteiger partial charge on any atom is -0.449 e. The molecule has 1 rings (SSSR count). The zero-order valence-electron chi connectivity index (χ0n) is 15.8. The van der Waals surface area contributed by atoms with Crippen LogP contribution in [-0.4, -0.2) is 38.1 Å². The summed E-state index contributed by atoms with van der Waals surface area (Å²) < 4.78 is 5.36. The summed E-state index contributed by atoms with van der Waals surface area (Å²) in [4.78, 5) is 26.4. The Kier molecular flexibility index (Phi) is 7.93. The van der Waals surface area contributed by atoms with Crippen LogP contribution in [0, 0.1) is 5.41 Å². The minimum absolute atomic E-state index is 0.0700. The monoisotopic (exact) mass is 351 g/mol. The number of allylic oxidation sites excluding steroid dienone is 3. The maximum Gasteiger partial charge on any atom is 0.416 e. The average Bonchev–Trinajstić information content (AvgIpc) is 2.48. The lowest BCUT2D eigenvalue weighted by Crippen LogP contribution is -2.50. The van der Waals surface area contributed by atoms with Gasteiger partial charge in [-0.05, 0) is 38.1 Å². The Labute approximate surface area is 148 Å². The van der Waals surface area contributed by atoms with E-state index in [4.69, 9.17) is 4.74 Å². The number of imide groups is 1. The zero-order valence-corrected chi connectivity index (χ0v) is 16.8. The van der Waals surface area contributed by atoms with Gasteiger partial charge in [0.2, 0.25) is 5.91 Å². The van der Waals surface area contributed by atoms with Crippen molar-refractivity contribution in [1.82, 2.24) is 4.90 Å². The number of nitrogens with zero attached hydrogens (tertiary/aromatic N) is 1. The Bertz CT molecular complexity index is 481. The Morgan fingerprint density at radius 2 is 2.12 bits per heavy atom. The van der Waals surface area contributed by atoms with Crippen LogP contribution in [0.5, 0.6) is 0 Å². The maximum absolute atomic E-state index is 12.8. The molecule has 0 bridgehead atoms. The molecule has 0 radical (unpaired) electrons. The number of piperidine rings is 1. The minimum atomic E-state index is -1.24. The van der Waals surface area contributed by atoms with Crippen molar-refractivity contribution in [1.29, 1.82) is 0 Å². The third-order valence-corrected chi connectivity index (χ3v) is 6.25. The van der Waals surface area contributed by atoms with E-state index in [0.29, 0.717) is 13.2 Å². The van der Waals surface area contributed by atoms with Gasteiger partial charge in [-0.15, -0.1) is 0 Å². The first-order valence-corrected chi connectivity index (χ1v) is 12.7. The van der Waals surface area contributed by atoms with Crippen molar-refractivity contribution in [3.8, 4) is 0 Å². The van der Waals surface area contributed by atoms with E-state index in [1.54, 1.807) is 6.08 Å². The van der Waals surface area contributed by atoms with Crippen LogP contribution < -0.4 is 0 Å². The average molecular weight is 352 g/mol. The van der Waals surface area contributed by atoms with Gasteiger partial charge in [-0.3, -0.25) is 4.79 Å². The highest BCUT2D eigenvalue weighted by molar-refractivity contribution is 6.76. The molecular weight excluding hydrogens is 318 g/mol. The molecule has 0 aromatic heterocycles. The van der Waals surface area contributed by atoms with Crippen molar-refractivity contribution in [3.63, 3.8) is 0 Å². The van der Waals surface area contributed by atoms with E-state index in [1.807, 2.05) is 13.0 Å². The van der Waals surface area contributed by atoms with E-state index in [-0.39, 0.29) is 5.91 Å². The van der Waals surface area contributed by atoms with Gasteiger partial charge in [0.1, 0.15) is 0 Å². The molecule has 5 heteroatoms. The van der Waals surface area contributed by atoms with Crippen LogP contribution >= 0.6 is 0 Å². The van der Waals surface area contributed by atoms with E-state index in [1.165, 1.54) is 4.90 Å². The van der Waals surface area contributed by atoms with Gasteiger partial charge >= 0.3 is 6.09 Å². The summed E-state index contributed by atoms with van der Waals surface area (Å²) in [6, 6.07) is 0.924. The quantitative estimate of drug-likeness (QED) is 0.351. The van der Waals surface area contributed by atoms with E-state index >= 15 is 0 Å². The molecule has 2 amide bonds. The van der Waals surface area contributed by atoms with Crippen molar-refractivity contribution in [3.05, 3.63) is 24.8 Å². The molecule has 0 aromatic rings. The van der Waals surface area contributed by atoms with Crippen molar-refractivity contribution in [2.45, 2.75) is 64.7 Å². The molecule has 0 aliphatic carbocycles. The zero-order chi connectivity index (χ0) is 18.2. The number of amides is 2. The molecule has 24 heavy (non-hydrogen) atoms. The lowest BCUT2D eigenvalue weighted by Gasteiger charge is -2.37. The number of carbonyl (C=O) groups excluding carboxylic acids is 2. The first-order valence-electron chi connectivity index (χ1n) is 8.96. The van der Waals surface area contributed by atoms with Gasteiger partial charge in [-0.25, -0.2) is 9.69 Å². The fourth-order valence-corrected chi connectivity index (χ4v) is 3.61. The van der Waals surface area contributed by atoms with Gasteiger partial charge in [0, 0.05) is 20.0 Å². The Morgan fingerprint density at radius 3 is 2.75 bits per heavy atom. The fraction of sp³-hybridized carbons (Fsp3) is 0.684. The molecule has 1 atom stereocenters. The summed E-state index contributed by atoms with van der Waals surface area (Å²) in [5.74, 6) is -0.0700. The van der Waals surface area contributed by atoms with Crippen LogP contribution in [0.4, 0.5) is 4.79 Å². The van der Waals surface area contributed by atoms with Gasteiger partial charge in [-0.1, -0.05) is 51.4 Å². The molecule has 0 spiro atoms. The van der Waals surface area contributed by atoms with Crippen molar-refractivity contribution < 1.29 is 14.3 Å². The molecule has 0 saturated carbocycles. The number of hydrogen-bond donors (Lipinski definition) is 0. The summed E-state index contributed by atoms with van der Waals surface area (Å²) in [6.45, 7) is 13.2. The maximum atomic E-state index is 12.8. The van der Waals surface area contributed by atoms with Gasteiger partial charge in [0.05, 0.1) is 6.61 Å². The fourth-order valence-electron chi connectivity index (χ4n) is 2.89. The molecule has 4 nitrogen and oxygen atoms in total. The van der Waals surface area contributed by atoms with Gasteiger partial charge < -0.3 is 4.74 Å². The summed E-state index contributed by atoms with van der Waals surface area (Å²) in [7, 11) is -1.24. The van der Waals surface area contributed by atoms with E-state index in [2.05, 4.69) is 32.3 Å². The number of ether oxygens (including phenoxy) is 1.